The molecular formula is C10H14NO2. The molecule has 0 saturated carbocycles. The van der Waals surface area contributed by atoms with Gasteiger partial charge in [0.25, 0.3) is 0 Å². The molecule has 0 N–H and O–H groups in total. The van der Waals surface area contributed by atoms with Crippen molar-refractivity contribution < 1.29 is 9.84 Å². The summed E-state index contributed by atoms with van der Waals surface area (Å²) in [6.45, 7) is 0.824. The normalized spacial score (nSPS) is 10.2. The van der Waals surface area contributed by atoms with E-state index in [4.69, 9.17) is 4.74 Å². The number of rotatable bonds is 6. The van der Waals surface area contributed by atoms with Crippen molar-refractivity contribution in [3.8, 4) is 0 Å². The molecule has 3 nitrogen and oxygen atoms in total. The minimum Gasteiger partial charge on any atom is -0.379 e. The first kappa shape index (κ1) is 10.2. The van der Waals surface area contributed by atoms with Crippen LogP contribution in [0.4, 0.5) is 0 Å². The summed E-state index contributed by atoms with van der Waals surface area (Å²) in [6, 6.07) is 5.87. The Bertz CT molecular complexity index is 213. The van der Waals surface area contributed by atoms with E-state index in [-0.39, 0.29) is 6.61 Å². The van der Waals surface area contributed by atoms with E-state index >= 15 is 0 Å². The van der Waals surface area contributed by atoms with E-state index in [2.05, 4.69) is 4.98 Å². The summed E-state index contributed by atoms with van der Waals surface area (Å²) >= 11 is 0. The largest absolute Gasteiger partial charge is 0.379 e. The van der Waals surface area contributed by atoms with Crippen molar-refractivity contribution in [2.75, 3.05) is 19.8 Å². The fraction of sp³-hybridized carbons (Fsp3) is 0.500. The Morgan fingerprint density at radius 3 is 2.92 bits per heavy atom. The van der Waals surface area contributed by atoms with Crippen LogP contribution in [0.1, 0.15) is 12.1 Å². The number of ether oxygens (including phenoxy) is 1. The average molecular weight is 180 g/mol. The van der Waals surface area contributed by atoms with Crippen molar-refractivity contribution in [1.29, 1.82) is 0 Å². The lowest BCUT2D eigenvalue weighted by Gasteiger charge is -2.00. The number of hydrogen-bond acceptors (Lipinski definition) is 2. The van der Waals surface area contributed by atoms with Crippen molar-refractivity contribution >= 4 is 0 Å². The van der Waals surface area contributed by atoms with Gasteiger partial charge in [-0.05, 0) is 25.0 Å². The summed E-state index contributed by atoms with van der Waals surface area (Å²) in [6.07, 6.45) is 3.63. The number of aromatic nitrogens is 1. The summed E-state index contributed by atoms with van der Waals surface area (Å²) in [5.74, 6) is 0. The molecule has 1 heterocycles. The SMILES string of the molecule is [O]CCOCCCc1ccccn1. The van der Waals surface area contributed by atoms with Crippen LogP contribution in [0, 0.1) is 0 Å². The van der Waals surface area contributed by atoms with Crippen LogP contribution in [0.15, 0.2) is 24.4 Å². The van der Waals surface area contributed by atoms with Crippen molar-refractivity contribution in [2.45, 2.75) is 12.8 Å². The first-order valence-electron chi connectivity index (χ1n) is 4.49. The van der Waals surface area contributed by atoms with E-state index in [1.54, 1.807) is 6.20 Å². The standard InChI is InChI=1S/C10H14NO2/c12-7-9-13-8-3-5-10-4-1-2-6-11-10/h1-2,4,6H,3,5,7-9H2. The third-order valence-corrected chi connectivity index (χ3v) is 1.68. The Kier molecular flexibility index (Phi) is 5.13. The molecule has 1 aromatic rings. The Balaban J connectivity index is 2.07. The summed E-state index contributed by atoms with van der Waals surface area (Å²) in [7, 11) is 0. The molecule has 0 amide bonds. The molecule has 0 spiro atoms. The molecule has 0 bridgehead atoms. The maximum atomic E-state index is 10.0. The highest BCUT2D eigenvalue weighted by Crippen LogP contribution is 1.98. The van der Waals surface area contributed by atoms with Crippen LogP contribution in [0.3, 0.4) is 0 Å². The van der Waals surface area contributed by atoms with E-state index < -0.39 is 0 Å². The van der Waals surface area contributed by atoms with Crippen molar-refractivity contribution in [2.24, 2.45) is 0 Å². The Morgan fingerprint density at radius 2 is 2.23 bits per heavy atom. The van der Waals surface area contributed by atoms with Gasteiger partial charge in [-0.1, -0.05) is 6.07 Å². The molecule has 0 aliphatic heterocycles. The molecule has 1 radical (unpaired) electrons. The molecule has 13 heavy (non-hydrogen) atoms. The zero-order valence-corrected chi connectivity index (χ0v) is 7.61. The topological polar surface area (TPSA) is 42.0 Å². The summed E-state index contributed by atoms with van der Waals surface area (Å²) in [5.41, 5.74) is 1.08. The molecular weight excluding hydrogens is 166 g/mol. The number of nitrogens with zero attached hydrogens (tertiary/aromatic N) is 1. The summed E-state index contributed by atoms with van der Waals surface area (Å²) in [5, 5.41) is 10.0. The maximum absolute atomic E-state index is 10.0. The second-order valence-corrected chi connectivity index (χ2v) is 2.74. The van der Waals surface area contributed by atoms with Crippen molar-refractivity contribution in [3.05, 3.63) is 30.1 Å². The fourth-order valence-corrected chi connectivity index (χ4v) is 1.06. The highest BCUT2D eigenvalue weighted by molar-refractivity contribution is 5.03. The molecule has 0 aliphatic rings. The van der Waals surface area contributed by atoms with E-state index in [1.165, 1.54) is 0 Å². The van der Waals surface area contributed by atoms with Crippen LogP contribution >= 0.6 is 0 Å². The van der Waals surface area contributed by atoms with Gasteiger partial charge in [0, 0.05) is 18.5 Å². The van der Waals surface area contributed by atoms with Gasteiger partial charge in [-0.2, -0.15) is 0 Å². The quantitative estimate of drug-likeness (QED) is 0.622. The fourth-order valence-electron chi connectivity index (χ4n) is 1.06. The summed E-state index contributed by atoms with van der Waals surface area (Å²) < 4.78 is 5.06. The first-order chi connectivity index (χ1) is 6.43. The van der Waals surface area contributed by atoms with Crippen LogP contribution in [0.5, 0.6) is 0 Å². The molecule has 0 fully saturated rings. The minimum absolute atomic E-state index is 0.149. The number of aryl methyl sites for hydroxylation is 1. The lowest BCUT2D eigenvalue weighted by atomic mass is 10.2. The second-order valence-electron chi connectivity index (χ2n) is 2.74. The molecule has 0 aromatic carbocycles. The molecule has 1 rings (SSSR count). The van der Waals surface area contributed by atoms with Crippen LogP contribution in [0.2, 0.25) is 0 Å². The van der Waals surface area contributed by atoms with E-state index in [9.17, 15) is 5.11 Å². The molecule has 3 heteroatoms. The monoisotopic (exact) mass is 180 g/mol. The summed E-state index contributed by atoms with van der Waals surface area (Å²) in [4.78, 5) is 4.18. The van der Waals surface area contributed by atoms with Crippen LogP contribution in [0.25, 0.3) is 0 Å². The molecule has 0 aliphatic carbocycles. The third kappa shape index (κ3) is 4.60. The Hall–Kier alpha value is -0.930. The molecule has 0 saturated heterocycles. The Morgan fingerprint density at radius 1 is 1.31 bits per heavy atom. The Labute approximate surface area is 78.4 Å². The van der Waals surface area contributed by atoms with Crippen molar-refractivity contribution in [3.63, 3.8) is 0 Å². The van der Waals surface area contributed by atoms with Gasteiger partial charge in [0.2, 0.25) is 0 Å². The lowest BCUT2D eigenvalue weighted by Crippen LogP contribution is -2.01. The van der Waals surface area contributed by atoms with Crippen molar-refractivity contribution in [1.82, 2.24) is 4.98 Å². The van der Waals surface area contributed by atoms with Gasteiger partial charge in [0.1, 0.15) is 6.61 Å². The average Bonchev–Trinajstić information content (AvgIpc) is 2.19. The van der Waals surface area contributed by atoms with Crippen LogP contribution in [-0.4, -0.2) is 24.8 Å². The van der Waals surface area contributed by atoms with E-state index in [0.717, 1.165) is 18.5 Å². The number of hydrogen-bond donors (Lipinski definition) is 0. The van der Waals surface area contributed by atoms with Gasteiger partial charge in [-0.15, -0.1) is 0 Å². The van der Waals surface area contributed by atoms with E-state index in [1.807, 2.05) is 18.2 Å². The highest BCUT2D eigenvalue weighted by atomic mass is 16.5. The molecule has 71 valence electrons. The van der Waals surface area contributed by atoms with Crippen LogP contribution < -0.4 is 0 Å². The highest BCUT2D eigenvalue weighted by Gasteiger charge is 1.93. The first-order valence-corrected chi connectivity index (χ1v) is 4.49. The zero-order valence-electron chi connectivity index (χ0n) is 7.61. The molecule has 1 aromatic heterocycles. The molecule has 0 atom stereocenters. The maximum Gasteiger partial charge on any atom is 0.106 e. The van der Waals surface area contributed by atoms with E-state index in [0.29, 0.717) is 13.2 Å². The lowest BCUT2D eigenvalue weighted by molar-refractivity contribution is 0.0627. The van der Waals surface area contributed by atoms with Gasteiger partial charge < -0.3 is 4.74 Å². The smallest absolute Gasteiger partial charge is 0.106 e. The number of pyridine rings is 1. The van der Waals surface area contributed by atoms with Gasteiger partial charge >= 0.3 is 0 Å². The minimum atomic E-state index is -0.149. The van der Waals surface area contributed by atoms with Crippen LogP contribution in [-0.2, 0) is 16.3 Å². The van der Waals surface area contributed by atoms with Gasteiger partial charge in [-0.3, -0.25) is 4.98 Å². The van der Waals surface area contributed by atoms with Gasteiger partial charge in [-0.25, -0.2) is 5.11 Å². The predicted octanol–water partition coefficient (Wildman–Crippen LogP) is 1.46. The van der Waals surface area contributed by atoms with Gasteiger partial charge in [0.05, 0.1) is 6.61 Å². The zero-order chi connectivity index (χ0) is 9.36. The molecule has 0 unspecified atom stereocenters. The third-order valence-electron chi connectivity index (χ3n) is 1.68. The second kappa shape index (κ2) is 6.57. The van der Waals surface area contributed by atoms with Gasteiger partial charge in [0.15, 0.2) is 0 Å². The predicted molar refractivity (Wildman–Crippen MR) is 48.9 cm³/mol.